The van der Waals surface area contributed by atoms with Crippen LogP contribution >= 0.6 is 34.8 Å². The molecule has 2 aromatic rings. The summed E-state index contributed by atoms with van der Waals surface area (Å²) in [5, 5.41) is 10.9. The van der Waals surface area contributed by atoms with Gasteiger partial charge in [0.15, 0.2) is 11.5 Å². The standard InChI is InChI=1S/C30H62.C12H7Cl3O2/c1-25(2)15-11-19-29(7)23-13-21-27(5)17-9-10-18-28(6)22-14-24-30(8)20-12-16-26(3)4;13-7-1-3-11(9(15)5-7)17-12-4-2-8(14)6-10(12)16/h25-30H,9-24H2,1-8H3;1-6,16H. The molecule has 5 heteroatoms. The average molecular weight is 712 g/mol. The highest BCUT2D eigenvalue weighted by Gasteiger charge is 2.10. The first-order valence-electron chi connectivity index (χ1n) is 18.9. The number of rotatable bonds is 23. The molecule has 270 valence electrons. The van der Waals surface area contributed by atoms with Crippen LogP contribution in [0.2, 0.25) is 15.1 Å². The molecule has 0 aliphatic carbocycles. The van der Waals surface area contributed by atoms with Gasteiger partial charge in [-0.15, -0.1) is 0 Å². The maximum Gasteiger partial charge on any atom is 0.169 e. The first-order valence-corrected chi connectivity index (χ1v) is 20.0. The SMILES string of the molecule is CC(C)CCCC(C)CCCC(C)CCCCC(C)CCCC(C)CCCC(C)C.Oc1cc(Cl)ccc1Oc1ccc(Cl)cc1Cl. The Morgan fingerprint density at radius 3 is 1.17 bits per heavy atom. The van der Waals surface area contributed by atoms with Crippen LogP contribution in [-0.4, -0.2) is 5.11 Å². The molecule has 0 heterocycles. The average Bonchev–Trinajstić information content (AvgIpc) is 2.98. The number of benzene rings is 2. The van der Waals surface area contributed by atoms with Crippen molar-refractivity contribution < 1.29 is 9.84 Å². The Balaban J connectivity index is 0.000000542. The van der Waals surface area contributed by atoms with Gasteiger partial charge < -0.3 is 9.84 Å². The van der Waals surface area contributed by atoms with Gasteiger partial charge in [0.2, 0.25) is 0 Å². The number of hydrogen-bond donors (Lipinski definition) is 1. The van der Waals surface area contributed by atoms with Gasteiger partial charge in [0.1, 0.15) is 5.75 Å². The molecular formula is C42H69Cl3O2. The molecule has 0 bridgehead atoms. The Labute approximate surface area is 305 Å². The van der Waals surface area contributed by atoms with Gasteiger partial charge in [-0.1, -0.05) is 193 Å². The predicted molar refractivity (Wildman–Crippen MR) is 210 cm³/mol. The summed E-state index contributed by atoms with van der Waals surface area (Å²) in [4.78, 5) is 0. The van der Waals surface area contributed by atoms with Gasteiger partial charge in [0.05, 0.1) is 5.02 Å². The molecule has 0 aromatic heterocycles. The molecule has 2 rings (SSSR count). The minimum absolute atomic E-state index is 0.0523. The summed E-state index contributed by atoms with van der Waals surface area (Å²) in [6.07, 6.45) is 23.2. The smallest absolute Gasteiger partial charge is 0.169 e. The first kappa shape index (κ1) is 43.9. The summed E-state index contributed by atoms with van der Waals surface area (Å²) in [7, 11) is 0. The highest BCUT2D eigenvalue weighted by atomic mass is 35.5. The quantitative estimate of drug-likeness (QED) is 0.116. The van der Waals surface area contributed by atoms with Crippen molar-refractivity contribution in [2.45, 2.75) is 158 Å². The van der Waals surface area contributed by atoms with E-state index in [4.69, 9.17) is 39.5 Å². The van der Waals surface area contributed by atoms with Crippen LogP contribution in [0, 0.1) is 35.5 Å². The highest BCUT2D eigenvalue weighted by Crippen LogP contribution is 2.36. The molecule has 2 nitrogen and oxygen atoms in total. The fourth-order valence-corrected chi connectivity index (χ4v) is 6.81. The second-order valence-corrected chi connectivity index (χ2v) is 16.8. The summed E-state index contributed by atoms with van der Waals surface area (Å²) in [6.45, 7) is 19.3. The topological polar surface area (TPSA) is 29.5 Å². The van der Waals surface area contributed by atoms with Crippen LogP contribution in [0.15, 0.2) is 36.4 Å². The summed E-state index contributed by atoms with van der Waals surface area (Å²) in [5.41, 5.74) is 0. The van der Waals surface area contributed by atoms with Crippen molar-refractivity contribution in [2.75, 3.05) is 0 Å². The van der Waals surface area contributed by atoms with Crippen molar-refractivity contribution >= 4 is 34.8 Å². The van der Waals surface area contributed by atoms with Crippen molar-refractivity contribution in [3.8, 4) is 17.2 Å². The van der Waals surface area contributed by atoms with E-state index in [1.807, 2.05) is 0 Å². The van der Waals surface area contributed by atoms with Gasteiger partial charge in [0, 0.05) is 16.1 Å². The maximum atomic E-state index is 9.62. The number of unbranched alkanes of at least 4 members (excludes halogenated alkanes) is 1. The summed E-state index contributed by atoms with van der Waals surface area (Å²) >= 11 is 17.4. The zero-order valence-corrected chi connectivity index (χ0v) is 33.5. The lowest BCUT2D eigenvalue weighted by atomic mass is 9.90. The molecule has 47 heavy (non-hydrogen) atoms. The number of halogens is 3. The van der Waals surface area contributed by atoms with Gasteiger partial charge in [-0.3, -0.25) is 0 Å². The lowest BCUT2D eigenvalue weighted by Crippen LogP contribution is -2.01. The molecule has 0 fully saturated rings. The Morgan fingerprint density at radius 2 is 0.809 bits per heavy atom. The summed E-state index contributed by atoms with van der Waals surface area (Å²) in [6, 6.07) is 9.39. The van der Waals surface area contributed by atoms with E-state index in [2.05, 4.69) is 55.4 Å². The minimum atomic E-state index is -0.0523. The van der Waals surface area contributed by atoms with Crippen LogP contribution in [0.5, 0.6) is 17.2 Å². The number of aromatic hydroxyl groups is 1. The molecule has 4 unspecified atom stereocenters. The fraction of sp³-hybridized carbons (Fsp3) is 0.714. The van der Waals surface area contributed by atoms with Crippen molar-refractivity contribution in [1.29, 1.82) is 0 Å². The normalized spacial score (nSPS) is 14.1. The second-order valence-electron chi connectivity index (χ2n) is 15.5. The lowest BCUT2D eigenvalue weighted by Gasteiger charge is -2.16. The van der Waals surface area contributed by atoms with Gasteiger partial charge in [-0.05, 0) is 65.8 Å². The van der Waals surface area contributed by atoms with E-state index in [0.29, 0.717) is 20.8 Å². The highest BCUT2D eigenvalue weighted by molar-refractivity contribution is 6.35. The van der Waals surface area contributed by atoms with E-state index < -0.39 is 0 Å². The van der Waals surface area contributed by atoms with Crippen LogP contribution < -0.4 is 4.74 Å². The summed E-state index contributed by atoms with van der Waals surface area (Å²) < 4.78 is 5.45. The van der Waals surface area contributed by atoms with Gasteiger partial charge in [-0.2, -0.15) is 0 Å². The molecule has 0 aliphatic heterocycles. The molecule has 0 amide bonds. The molecule has 0 saturated heterocycles. The Bertz CT molecular complexity index is 986. The summed E-state index contributed by atoms with van der Waals surface area (Å²) in [5.74, 6) is 6.15. The van der Waals surface area contributed by atoms with E-state index in [1.165, 1.54) is 109 Å². The number of phenols is 1. The van der Waals surface area contributed by atoms with Crippen molar-refractivity contribution in [1.82, 2.24) is 0 Å². The fourth-order valence-electron chi connectivity index (χ4n) is 6.19. The molecule has 4 atom stereocenters. The predicted octanol–water partition coefficient (Wildman–Crippen LogP) is 16.2. The zero-order valence-electron chi connectivity index (χ0n) is 31.2. The molecule has 0 spiro atoms. The Hall–Kier alpha value is -1.09. The minimum Gasteiger partial charge on any atom is -0.504 e. The first-order chi connectivity index (χ1) is 22.3. The van der Waals surface area contributed by atoms with E-state index >= 15 is 0 Å². The number of hydrogen-bond acceptors (Lipinski definition) is 2. The largest absolute Gasteiger partial charge is 0.504 e. The maximum absolute atomic E-state index is 9.62. The van der Waals surface area contributed by atoms with Crippen LogP contribution in [0.25, 0.3) is 0 Å². The van der Waals surface area contributed by atoms with Crippen molar-refractivity contribution in [3.05, 3.63) is 51.5 Å². The monoisotopic (exact) mass is 710 g/mol. The molecule has 0 radical (unpaired) electrons. The molecule has 0 saturated carbocycles. The molecular weight excluding hydrogens is 643 g/mol. The number of ether oxygens (including phenoxy) is 1. The molecule has 2 aromatic carbocycles. The van der Waals surface area contributed by atoms with Crippen LogP contribution in [-0.2, 0) is 0 Å². The Kier molecular flexibility index (Phi) is 24.1. The van der Waals surface area contributed by atoms with Crippen molar-refractivity contribution in [3.63, 3.8) is 0 Å². The third-order valence-electron chi connectivity index (χ3n) is 9.42. The Morgan fingerprint density at radius 1 is 0.468 bits per heavy atom. The number of phenolic OH excluding ortho intramolecular Hbond substituents is 1. The molecule has 0 aliphatic rings. The van der Waals surface area contributed by atoms with E-state index in [1.54, 1.807) is 30.3 Å². The van der Waals surface area contributed by atoms with Gasteiger partial charge in [-0.25, -0.2) is 0 Å². The lowest BCUT2D eigenvalue weighted by molar-refractivity contribution is 0.369. The third-order valence-corrected chi connectivity index (χ3v) is 10.2. The van der Waals surface area contributed by atoms with Crippen LogP contribution in [0.1, 0.15) is 158 Å². The van der Waals surface area contributed by atoms with E-state index in [-0.39, 0.29) is 11.5 Å². The van der Waals surface area contributed by atoms with Crippen LogP contribution in [0.3, 0.4) is 0 Å². The van der Waals surface area contributed by atoms with Crippen molar-refractivity contribution in [2.24, 2.45) is 35.5 Å². The van der Waals surface area contributed by atoms with E-state index in [0.717, 1.165) is 35.5 Å². The molecule has 1 N–H and O–H groups in total. The van der Waals surface area contributed by atoms with E-state index in [9.17, 15) is 5.11 Å². The zero-order chi connectivity index (χ0) is 35.2. The second kappa shape index (κ2) is 25.8. The van der Waals surface area contributed by atoms with Crippen LogP contribution in [0.4, 0.5) is 0 Å². The van der Waals surface area contributed by atoms with Gasteiger partial charge in [0.25, 0.3) is 0 Å². The van der Waals surface area contributed by atoms with Gasteiger partial charge >= 0.3 is 0 Å². The third kappa shape index (κ3) is 23.0.